The Hall–Kier alpha value is -0.130. The molecule has 2 unspecified atom stereocenters. The molecule has 0 N–H and O–H groups in total. The number of hydrogen-bond acceptors (Lipinski definition) is 0. The molecule has 1 aliphatic heterocycles. The van der Waals surface area contributed by atoms with Crippen LogP contribution in [0.25, 0.3) is 0 Å². The first kappa shape index (κ1) is 11.9. The van der Waals surface area contributed by atoms with Gasteiger partial charge in [0.05, 0.1) is 14.3 Å². The second-order valence-electron chi connectivity index (χ2n) is 6.55. The molecule has 0 aromatic carbocycles. The van der Waals surface area contributed by atoms with E-state index >= 15 is 0 Å². The third kappa shape index (κ3) is 2.93. The van der Waals surface area contributed by atoms with Gasteiger partial charge in [0, 0.05) is 0 Å². The van der Waals surface area contributed by atoms with Crippen LogP contribution in [0.1, 0.15) is 41.5 Å². The first-order valence-corrected chi connectivity index (χ1v) is 5.58. The molecule has 0 bridgehead atoms. The average molecular weight is 188 g/mol. The maximum absolute atomic E-state index is 2.37. The minimum atomic E-state index is 0.357. The Bertz CT molecular complexity index is 193. The van der Waals surface area contributed by atoms with Crippen LogP contribution in [0.2, 0.25) is 11.6 Å². The van der Waals surface area contributed by atoms with E-state index in [9.17, 15) is 0 Å². The number of hydrogen-bond donors (Lipinski definition) is 0. The summed E-state index contributed by atoms with van der Waals surface area (Å²) >= 11 is 0. The first-order valence-electron chi connectivity index (χ1n) is 5.58. The van der Waals surface area contributed by atoms with E-state index in [1.54, 1.807) is 0 Å². The number of rotatable bonds is 0. The van der Waals surface area contributed by atoms with Crippen molar-refractivity contribution in [3.05, 3.63) is 12.2 Å². The molecule has 0 spiro atoms. The van der Waals surface area contributed by atoms with Gasteiger partial charge >= 0.3 is 0 Å². The molecule has 0 saturated heterocycles. The van der Waals surface area contributed by atoms with Crippen LogP contribution in [0.3, 0.4) is 0 Å². The lowest BCUT2D eigenvalue weighted by Gasteiger charge is -2.36. The molecule has 0 aromatic heterocycles. The maximum atomic E-state index is 2.37. The van der Waals surface area contributed by atoms with Gasteiger partial charge in [0.25, 0.3) is 0 Å². The lowest BCUT2D eigenvalue weighted by Crippen LogP contribution is -2.32. The fraction of sp³-hybridized carbons (Fsp3) is 0.833. The summed E-state index contributed by atoms with van der Waals surface area (Å²) in [5.74, 6) is 1.20. The molecule has 2 heteroatoms. The molecular weight excluding hydrogens is 166 g/mol. The maximum Gasteiger partial charge on any atom is 0.0762 e. The first-order chi connectivity index (χ1) is 6.21. The van der Waals surface area contributed by atoms with Crippen LogP contribution in [0, 0.1) is 10.8 Å². The van der Waals surface area contributed by atoms with Gasteiger partial charge in [0.2, 0.25) is 0 Å². The minimum absolute atomic E-state index is 0.357. The molecule has 0 saturated carbocycles. The zero-order valence-corrected chi connectivity index (χ0v) is 10.5. The van der Waals surface area contributed by atoms with E-state index in [1.165, 1.54) is 0 Å². The summed E-state index contributed by atoms with van der Waals surface area (Å²) in [6.07, 6.45) is 4.74. The highest BCUT2D eigenvalue weighted by Gasteiger charge is 2.31. The summed E-state index contributed by atoms with van der Waals surface area (Å²) in [7, 11) is 4.74. The molecule has 0 aliphatic carbocycles. The lowest BCUT2D eigenvalue weighted by atomic mass is 9.23. The smallest absolute Gasteiger partial charge is 0.0762 e. The normalized spacial score (nSPS) is 28.1. The topological polar surface area (TPSA) is 0 Å². The Morgan fingerprint density at radius 1 is 0.714 bits per heavy atom. The zero-order valence-electron chi connectivity index (χ0n) is 10.5. The summed E-state index contributed by atoms with van der Waals surface area (Å²) in [6.45, 7) is 13.8. The summed E-state index contributed by atoms with van der Waals surface area (Å²) < 4.78 is 0. The highest BCUT2D eigenvalue weighted by molar-refractivity contribution is 7.02. The van der Waals surface area contributed by atoms with Crippen molar-refractivity contribution in [1.29, 1.82) is 0 Å². The molecule has 0 amide bonds. The molecule has 76 valence electrons. The zero-order chi connectivity index (χ0) is 11.0. The van der Waals surface area contributed by atoms with Crippen molar-refractivity contribution in [2.75, 3.05) is 0 Å². The van der Waals surface area contributed by atoms with Gasteiger partial charge in [0.1, 0.15) is 0 Å². The van der Waals surface area contributed by atoms with E-state index in [2.05, 4.69) is 68.0 Å². The van der Waals surface area contributed by atoms with E-state index in [0.29, 0.717) is 22.5 Å². The van der Waals surface area contributed by atoms with Crippen molar-refractivity contribution < 1.29 is 0 Å². The third-order valence-corrected chi connectivity index (χ3v) is 3.05. The van der Waals surface area contributed by atoms with Crippen LogP contribution in [0.15, 0.2) is 12.2 Å². The Morgan fingerprint density at radius 2 is 1.00 bits per heavy atom. The minimum Gasteiger partial charge on any atom is -0.0940 e. The van der Waals surface area contributed by atoms with Crippen LogP contribution in [0.4, 0.5) is 0 Å². The average Bonchev–Trinajstić information content (AvgIpc) is 2.01. The highest BCUT2D eigenvalue weighted by atomic mass is 14.2. The van der Waals surface area contributed by atoms with Gasteiger partial charge in [-0.1, -0.05) is 65.3 Å². The van der Waals surface area contributed by atoms with E-state index in [0.717, 1.165) is 0 Å². The molecule has 0 fully saturated rings. The van der Waals surface area contributed by atoms with Gasteiger partial charge in [0.15, 0.2) is 0 Å². The van der Waals surface area contributed by atoms with Crippen molar-refractivity contribution >= 4 is 14.3 Å². The third-order valence-electron chi connectivity index (χ3n) is 3.05. The quantitative estimate of drug-likeness (QED) is 0.402. The Labute approximate surface area is 91.0 Å². The largest absolute Gasteiger partial charge is 0.0940 e. The molecule has 1 aliphatic rings. The van der Waals surface area contributed by atoms with Crippen LogP contribution in [0.5, 0.6) is 0 Å². The summed E-state index contributed by atoms with van der Waals surface area (Å²) in [5.41, 5.74) is 0.714. The SMILES string of the molecule is CC(C)(C)C1[B][B]C(C(C)(C)C)C=C1. The molecule has 2 atom stereocenters. The fourth-order valence-electron chi connectivity index (χ4n) is 1.76. The van der Waals surface area contributed by atoms with Gasteiger partial charge in [-0.05, 0) is 10.8 Å². The monoisotopic (exact) mass is 188 g/mol. The van der Waals surface area contributed by atoms with E-state index in [4.69, 9.17) is 0 Å². The molecular formula is C12H22B2. The van der Waals surface area contributed by atoms with Gasteiger partial charge in [-0.2, -0.15) is 0 Å². The van der Waals surface area contributed by atoms with E-state index in [-0.39, 0.29) is 0 Å². The van der Waals surface area contributed by atoms with Crippen molar-refractivity contribution in [2.24, 2.45) is 10.8 Å². The van der Waals surface area contributed by atoms with Gasteiger partial charge in [-0.15, -0.1) is 0 Å². The summed E-state index contributed by atoms with van der Waals surface area (Å²) in [6, 6.07) is 0. The Kier molecular flexibility index (Phi) is 3.23. The summed E-state index contributed by atoms with van der Waals surface area (Å²) in [4.78, 5) is 0. The predicted molar refractivity (Wildman–Crippen MR) is 67.1 cm³/mol. The Morgan fingerprint density at radius 3 is 1.14 bits per heavy atom. The van der Waals surface area contributed by atoms with Crippen molar-refractivity contribution in [3.8, 4) is 0 Å². The second kappa shape index (κ2) is 3.79. The van der Waals surface area contributed by atoms with Crippen LogP contribution >= 0.6 is 0 Å². The standard InChI is InChI=1S/C12H22B2/c1-11(2,3)9-7-8-10(14-13-9)12(4,5)6/h7-10H,1-6H3. The van der Waals surface area contributed by atoms with Gasteiger partial charge < -0.3 is 0 Å². The van der Waals surface area contributed by atoms with E-state index in [1.807, 2.05) is 0 Å². The van der Waals surface area contributed by atoms with Crippen LogP contribution < -0.4 is 0 Å². The van der Waals surface area contributed by atoms with Crippen molar-refractivity contribution in [3.63, 3.8) is 0 Å². The molecule has 0 aromatic rings. The molecule has 1 rings (SSSR count). The van der Waals surface area contributed by atoms with Gasteiger partial charge in [-0.3, -0.25) is 0 Å². The van der Waals surface area contributed by atoms with Gasteiger partial charge in [-0.25, -0.2) is 0 Å². The second-order valence-corrected chi connectivity index (χ2v) is 6.55. The van der Waals surface area contributed by atoms with Crippen molar-refractivity contribution in [1.82, 2.24) is 0 Å². The van der Waals surface area contributed by atoms with Crippen LogP contribution in [-0.4, -0.2) is 14.3 Å². The molecule has 0 nitrogen and oxygen atoms in total. The molecule has 14 heavy (non-hydrogen) atoms. The number of allylic oxidation sites excluding steroid dienone is 2. The van der Waals surface area contributed by atoms with Crippen LogP contribution in [-0.2, 0) is 0 Å². The molecule has 2 radical (unpaired) electrons. The highest BCUT2D eigenvalue weighted by Crippen LogP contribution is 2.40. The lowest BCUT2D eigenvalue weighted by molar-refractivity contribution is 0.401. The fourth-order valence-corrected chi connectivity index (χ4v) is 1.76. The van der Waals surface area contributed by atoms with Crippen molar-refractivity contribution in [2.45, 2.75) is 53.2 Å². The predicted octanol–water partition coefficient (Wildman–Crippen LogP) is 3.55. The Balaban J connectivity index is 2.65. The summed E-state index contributed by atoms with van der Waals surface area (Å²) in [5, 5.41) is 0. The van der Waals surface area contributed by atoms with E-state index < -0.39 is 0 Å². The molecule has 1 heterocycles.